The van der Waals surface area contributed by atoms with Crippen molar-refractivity contribution in [2.75, 3.05) is 19.6 Å². The van der Waals surface area contributed by atoms with Crippen LogP contribution in [0.1, 0.15) is 24.5 Å². The summed E-state index contributed by atoms with van der Waals surface area (Å²) in [6.07, 6.45) is 3.88. The van der Waals surface area contributed by atoms with E-state index in [2.05, 4.69) is 148 Å². The highest BCUT2D eigenvalue weighted by Gasteiger charge is 2.63. The summed E-state index contributed by atoms with van der Waals surface area (Å²) in [5.74, 6) is 3.25. The van der Waals surface area contributed by atoms with Gasteiger partial charge in [-0.2, -0.15) is 0 Å². The molecule has 0 bridgehead atoms. The molecule has 250 valence electrons. The lowest BCUT2D eigenvalue weighted by molar-refractivity contribution is 0.203. The molecule has 4 aliphatic rings. The van der Waals surface area contributed by atoms with Gasteiger partial charge in [0.15, 0.2) is 23.3 Å². The molecular weight excluding hydrogens is 641 g/mol. The Morgan fingerprint density at radius 1 is 0.538 bits per heavy atom. The van der Waals surface area contributed by atoms with Crippen LogP contribution in [0.5, 0.6) is 0 Å². The SMILES string of the molecule is C=C1CC2(C)c3ccccc3N3c4nc5ccccc5nc4N(c4ccccc4)C3C2C2N(c3ccccc3)c3nccnc3N2c2ccccc21. The van der Waals surface area contributed by atoms with Crippen LogP contribution in [-0.4, -0.2) is 32.3 Å². The maximum Gasteiger partial charge on any atom is 0.179 e. The summed E-state index contributed by atoms with van der Waals surface area (Å²) < 4.78 is 0. The molecule has 0 N–H and O–H groups in total. The molecule has 0 saturated heterocycles. The molecule has 8 nitrogen and oxygen atoms in total. The normalized spacial score (nSPS) is 22.4. The van der Waals surface area contributed by atoms with Crippen molar-refractivity contribution in [3.05, 3.63) is 164 Å². The first-order valence-corrected chi connectivity index (χ1v) is 17.8. The second-order valence-corrected chi connectivity index (χ2v) is 14.3. The lowest BCUT2D eigenvalue weighted by atomic mass is 9.61. The van der Waals surface area contributed by atoms with E-state index in [1.165, 1.54) is 5.56 Å². The molecule has 4 atom stereocenters. The van der Waals surface area contributed by atoms with Crippen molar-refractivity contribution in [1.29, 1.82) is 0 Å². The van der Waals surface area contributed by atoms with Crippen molar-refractivity contribution >= 4 is 62.6 Å². The zero-order valence-corrected chi connectivity index (χ0v) is 28.6. The fourth-order valence-electron chi connectivity index (χ4n) is 9.48. The third kappa shape index (κ3) is 3.86. The molecule has 4 unspecified atom stereocenters. The molecule has 0 fully saturated rings. The number of hydrogen-bond acceptors (Lipinski definition) is 8. The highest BCUT2D eigenvalue weighted by Crippen LogP contribution is 2.64. The molecule has 0 radical (unpaired) electrons. The molecule has 0 saturated carbocycles. The van der Waals surface area contributed by atoms with Gasteiger partial charge in [-0.3, -0.25) is 0 Å². The zero-order chi connectivity index (χ0) is 34.6. The summed E-state index contributed by atoms with van der Waals surface area (Å²) in [4.78, 5) is 30.8. The summed E-state index contributed by atoms with van der Waals surface area (Å²) in [7, 11) is 0. The van der Waals surface area contributed by atoms with Crippen LogP contribution in [-0.2, 0) is 5.41 Å². The maximum absolute atomic E-state index is 5.42. The van der Waals surface area contributed by atoms with Crippen molar-refractivity contribution in [3.8, 4) is 0 Å². The van der Waals surface area contributed by atoms with E-state index >= 15 is 0 Å². The summed E-state index contributed by atoms with van der Waals surface area (Å²) >= 11 is 0. The number of hydrogen-bond donors (Lipinski definition) is 0. The standard InChI is InChI=1S/C44H34N8/c1-28-27-44(2)32-20-10-14-24-36(32)52-41-40(47-33-21-11-12-22-34(33)48-41)50(30-17-7-4-8-18-30)43(52)37(44)42-49(29-15-5-3-6-16-29)38-39(46-26-25-45-38)51(42)35-23-13-9-19-31(28)35/h3-26,37,42-43H,1,27H2,2H3. The largest absolute Gasteiger partial charge is 0.301 e. The Hall–Kier alpha value is -6.54. The minimum absolute atomic E-state index is 0.108. The summed E-state index contributed by atoms with van der Waals surface area (Å²) in [6.45, 7) is 7.27. The first kappa shape index (κ1) is 29.2. The van der Waals surface area contributed by atoms with Gasteiger partial charge in [-0.05, 0) is 66.1 Å². The Kier molecular flexibility index (Phi) is 6.03. The van der Waals surface area contributed by atoms with Crippen LogP contribution in [0.3, 0.4) is 0 Å². The second kappa shape index (κ2) is 10.7. The molecule has 6 heterocycles. The van der Waals surface area contributed by atoms with Gasteiger partial charge in [0.05, 0.1) is 16.7 Å². The highest BCUT2D eigenvalue weighted by atomic mass is 15.5. The number of rotatable bonds is 2. The summed E-state index contributed by atoms with van der Waals surface area (Å²) in [5, 5.41) is 0. The number of allylic oxidation sites excluding steroid dienone is 1. The van der Waals surface area contributed by atoms with Crippen molar-refractivity contribution in [2.24, 2.45) is 5.92 Å². The molecule has 52 heavy (non-hydrogen) atoms. The second-order valence-electron chi connectivity index (χ2n) is 14.3. The Bertz CT molecular complexity index is 2560. The smallest absolute Gasteiger partial charge is 0.179 e. The average Bonchev–Trinajstić information content (AvgIpc) is 3.69. The van der Waals surface area contributed by atoms with Crippen LogP contribution in [0.15, 0.2) is 152 Å². The van der Waals surface area contributed by atoms with Crippen LogP contribution in [0.25, 0.3) is 16.6 Å². The van der Waals surface area contributed by atoms with E-state index in [1.54, 1.807) is 0 Å². The minimum atomic E-state index is -0.422. The topological polar surface area (TPSA) is 64.5 Å². The first-order valence-electron chi connectivity index (χ1n) is 17.8. The average molecular weight is 675 g/mol. The van der Waals surface area contributed by atoms with Crippen LogP contribution >= 0.6 is 0 Å². The lowest BCUT2D eigenvalue weighted by Crippen LogP contribution is -2.65. The van der Waals surface area contributed by atoms with Crippen molar-refractivity contribution in [1.82, 2.24) is 19.9 Å². The summed E-state index contributed by atoms with van der Waals surface area (Å²) in [6, 6.07) is 47.1. The van der Waals surface area contributed by atoms with Crippen LogP contribution in [0.4, 0.5) is 46.0 Å². The number of fused-ring (bicyclic) bond motifs is 15. The molecule has 7 aromatic rings. The van der Waals surface area contributed by atoms with Crippen molar-refractivity contribution < 1.29 is 0 Å². The molecule has 0 spiro atoms. The van der Waals surface area contributed by atoms with Gasteiger partial charge in [0.2, 0.25) is 0 Å². The van der Waals surface area contributed by atoms with Gasteiger partial charge in [0.1, 0.15) is 12.3 Å². The Morgan fingerprint density at radius 2 is 1.02 bits per heavy atom. The van der Waals surface area contributed by atoms with Crippen molar-refractivity contribution in [3.63, 3.8) is 0 Å². The number of benzene rings is 5. The lowest BCUT2D eigenvalue weighted by Gasteiger charge is -2.57. The molecule has 0 aliphatic carbocycles. The van der Waals surface area contributed by atoms with Crippen LogP contribution < -0.4 is 19.6 Å². The van der Waals surface area contributed by atoms with Gasteiger partial charge in [-0.15, -0.1) is 0 Å². The van der Waals surface area contributed by atoms with Gasteiger partial charge >= 0.3 is 0 Å². The Labute approximate surface area is 302 Å². The predicted octanol–water partition coefficient (Wildman–Crippen LogP) is 9.66. The van der Waals surface area contributed by atoms with E-state index in [-0.39, 0.29) is 18.2 Å². The predicted molar refractivity (Wildman–Crippen MR) is 208 cm³/mol. The first-order chi connectivity index (χ1) is 25.6. The molecule has 5 aromatic carbocycles. The quantitative estimate of drug-likeness (QED) is 0.180. The van der Waals surface area contributed by atoms with Gasteiger partial charge in [-0.25, -0.2) is 19.9 Å². The van der Waals surface area contributed by atoms with Gasteiger partial charge in [-0.1, -0.05) is 98.4 Å². The maximum atomic E-state index is 5.42. The van der Waals surface area contributed by atoms with Crippen molar-refractivity contribution in [2.45, 2.75) is 31.1 Å². The van der Waals surface area contributed by atoms with Crippen LogP contribution in [0, 0.1) is 5.92 Å². The molecule has 2 aromatic heterocycles. The summed E-state index contributed by atoms with van der Waals surface area (Å²) in [5.41, 5.74) is 9.14. The van der Waals surface area contributed by atoms with E-state index in [9.17, 15) is 0 Å². The van der Waals surface area contributed by atoms with E-state index in [0.29, 0.717) is 0 Å². The van der Waals surface area contributed by atoms with E-state index in [4.69, 9.17) is 26.5 Å². The van der Waals surface area contributed by atoms with Gasteiger partial charge in [0.25, 0.3) is 0 Å². The van der Waals surface area contributed by atoms with E-state index < -0.39 is 5.41 Å². The van der Waals surface area contributed by atoms with E-state index in [0.717, 1.165) is 74.6 Å². The molecule has 0 amide bonds. The number of anilines is 8. The molecule has 8 heteroatoms. The monoisotopic (exact) mass is 674 g/mol. The number of nitrogens with zero attached hydrogens (tertiary/aromatic N) is 8. The number of para-hydroxylation sites is 6. The fourth-order valence-corrected chi connectivity index (χ4v) is 9.48. The highest BCUT2D eigenvalue weighted by molar-refractivity contribution is 5.94. The minimum Gasteiger partial charge on any atom is -0.301 e. The number of aromatic nitrogens is 4. The molecule has 11 rings (SSSR count). The Morgan fingerprint density at radius 3 is 1.67 bits per heavy atom. The fraction of sp³-hybridized carbons (Fsp3) is 0.136. The van der Waals surface area contributed by atoms with Gasteiger partial charge in [0, 0.05) is 46.4 Å². The van der Waals surface area contributed by atoms with Gasteiger partial charge < -0.3 is 19.6 Å². The zero-order valence-electron chi connectivity index (χ0n) is 28.6. The third-order valence-electron chi connectivity index (χ3n) is 11.5. The molecular formula is C44H34N8. The van der Waals surface area contributed by atoms with E-state index in [1.807, 2.05) is 24.5 Å². The molecule has 4 aliphatic heterocycles. The van der Waals surface area contributed by atoms with Crippen LogP contribution in [0.2, 0.25) is 0 Å². The Balaban J connectivity index is 1.28. The third-order valence-corrected chi connectivity index (χ3v) is 11.5.